The van der Waals surface area contributed by atoms with Gasteiger partial charge in [0.25, 0.3) is 0 Å². The Hall–Kier alpha value is -0.340. The lowest BCUT2D eigenvalue weighted by Crippen LogP contribution is -2.04. The van der Waals surface area contributed by atoms with Gasteiger partial charge in [-0.2, -0.15) is 0 Å². The number of hydrogen-bond donors (Lipinski definition) is 0. The predicted molar refractivity (Wildman–Crippen MR) is 62.8 cm³/mol. The Morgan fingerprint density at radius 1 is 1.57 bits per heavy atom. The van der Waals surface area contributed by atoms with Crippen molar-refractivity contribution >= 4 is 33.3 Å². The van der Waals surface area contributed by atoms with E-state index >= 15 is 0 Å². The topological polar surface area (TPSA) is 17.1 Å². The van der Waals surface area contributed by atoms with E-state index in [0.717, 1.165) is 22.0 Å². The van der Waals surface area contributed by atoms with Crippen LogP contribution in [0.15, 0.2) is 22.7 Å². The normalized spacial score (nSPS) is 12.6. The van der Waals surface area contributed by atoms with Crippen LogP contribution in [0, 0.1) is 0 Å². The summed E-state index contributed by atoms with van der Waals surface area (Å²) in [7, 11) is 0. The molecule has 0 aliphatic heterocycles. The summed E-state index contributed by atoms with van der Waals surface area (Å²) in [6, 6.07) is 5.88. The second-order valence-electron chi connectivity index (χ2n) is 3.17. The van der Waals surface area contributed by atoms with Crippen LogP contribution in [-0.2, 0) is 11.2 Å². The van der Waals surface area contributed by atoms with Crippen LogP contribution in [0.25, 0.3) is 0 Å². The van der Waals surface area contributed by atoms with Crippen LogP contribution in [0.2, 0.25) is 0 Å². The zero-order valence-corrected chi connectivity index (χ0v) is 10.5. The Kier molecular flexibility index (Phi) is 4.14. The molecule has 0 saturated heterocycles. The van der Waals surface area contributed by atoms with Gasteiger partial charge in [0.05, 0.1) is 0 Å². The SMILES string of the molecule is CCc1ccc(Br)cc1C(Cl)C(C)=O. The molecule has 0 N–H and O–H groups in total. The highest BCUT2D eigenvalue weighted by atomic mass is 79.9. The van der Waals surface area contributed by atoms with Crippen LogP contribution in [0.5, 0.6) is 0 Å². The minimum Gasteiger partial charge on any atom is -0.298 e. The lowest BCUT2D eigenvalue weighted by molar-refractivity contribution is -0.116. The first-order chi connectivity index (χ1) is 6.56. The molecule has 0 amide bonds. The van der Waals surface area contributed by atoms with E-state index in [2.05, 4.69) is 22.9 Å². The number of benzene rings is 1. The van der Waals surface area contributed by atoms with E-state index in [4.69, 9.17) is 11.6 Å². The van der Waals surface area contributed by atoms with Crippen LogP contribution in [-0.4, -0.2) is 5.78 Å². The smallest absolute Gasteiger partial charge is 0.152 e. The summed E-state index contributed by atoms with van der Waals surface area (Å²) in [6.45, 7) is 3.56. The fourth-order valence-corrected chi connectivity index (χ4v) is 1.92. The Morgan fingerprint density at radius 2 is 2.21 bits per heavy atom. The maximum absolute atomic E-state index is 11.2. The summed E-state index contributed by atoms with van der Waals surface area (Å²) in [4.78, 5) is 11.2. The van der Waals surface area contributed by atoms with Crippen LogP contribution < -0.4 is 0 Å². The minimum atomic E-state index is -0.526. The molecule has 0 aliphatic carbocycles. The highest BCUT2D eigenvalue weighted by molar-refractivity contribution is 9.10. The van der Waals surface area contributed by atoms with E-state index < -0.39 is 5.38 Å². The number of aryl methyl sites for hydroxylation is 1. The van der Waals surface area contributed by atoms with Crippen LogP contribution in [0.4, 0.5) is 0 Å². The van der Waals surface area contributed by atoms with Crippen LogP contribution in [0.3, 0.4) is 0 Å². The first kappa shape index (κ1) is 11.7. The molecule has 14 heavy (non-hydrogen) atoms. The van der Waals surface area contributed by atoms with E-state index in [1.165, 1.54) is 6.92 Å². The van der Waals surface area contributed by atoms with Gasteiger partial charge in [-0.3, -0.25) is 4.79 Å². The molecule has 0 aliphatic rings. The van der Waals surface area contributed by atoms with Gasteiger partial charge in [0.2, 0.25) is 0 Å². The molecular weight excluding hydrogens is 263 g/mol. The van der Waals surface area contributed by atoms with Gasteiger partial charge in [-0.25, -0.2) is 0 Å². The van der Waals surface area contributed by atoms with Gasteiger partial charge in [0.1, 0.15) is 5.38 Å². The van der Waals surface area contributed by atoms with Crippen molar-refractivity contribution in [3.8, 4) is 0 Å². The molecule has 0 heterocycles. The van der Waals surface area contributed by atoms with Crippen molar-refractivity contribution in [3.63, 3.8) is 0 Å². The fourth-order valence-electron chi connectivity index (χ4n) is 1.34. The number of carbonyl (C=O) groups excluding carboxylic acids is 1. The summed E-state index contributed by atoms with van der Waals surface area (Å²) in [5.74, 6) is -0.0144. The summed E-state index contributed by atoms with van der Waals surface area (Å²) in [6.07, 6.45) is 0.888. The summed E-state index contributed by atoms with van der Waals surface area (Å²) in [5, 5.41) is -0.526. The number of rotatable bonds is 3. The molecule has 76 valence electrons. The van der Waals surface area contributed by atoms with Crippen molar-refractivity contribution in [2.45, 2.75) is 25.6 Å². The average molecular weight is 276 g/mol. The summed E-state index contributed by atoms with van der Waals surface area (Å²) in [5.41, 5.74) is 2.04. The monoisotopic (exact) mass is 274 g/mol. The van der Waals surface area contributed by atoms with Crippen molar-refractivity contribution < 1.29 is 4.79 Å². The molecule has 1 rings (SSSR count). The lowest BCUT2D eigenvalue weighted by Gasteiger charge is -2.11. The van der Waals surface area contributed by atoms with E-state index in [1.807, 2.05) is 18.2 Å². The Bertz CT molecular complexity index is 349. The molecule has 1 unspecified atom stereocenters. The molecule has 0 spiro atoms. The molecule has 1 atom stereocenters. The number of ketones is 1. The van der Waals surface area contributed by atoms with Gasteiger partial charge in [-0.05, 0) is 36.6 Å². The van der Waals surface area contributed by atoms with E-state index in [-0.39, 0.29) is 5.78 Å². The van der Waals surface area contributed by atoms with Gasteiger partial charge in [-0.1, -0.05) is 28.9 Å². The molecule has 0 saturated carbocycles. The quantitative estimate of drug-likeness (QED) is 0.765. The molecule has 1 aromatic rings. The second kappa shape index (κ2) is 4.94. The van der Waals surface area contributed by atoms with Crippen molar-refractivity contribution in [1.29, 1.82) is 0 Å². The number of halogens is 2. The summed E-state index contributed by atoms with van der Waals surface area (Å²) < 4.78 is 0.955. The maximum Gasteiger partial charge on any atom is 0.152 e. The van der Waals surface area contributed by atoms with E-state index in [1.54, 1.807) is 0 Å². The number of carbonyl (C=O) groups is 1. The third-order valence-corrected chi connectivity index (χ3v) is 3.15. The Morgan fingerprint density at radius 3 is 2.71 bits per heavy atom. The van der Waals surface area contributed by atoms with Gasteiger partial charge < -0.3 is 0 Å². The molecule has 0 bridgehead atoms. The third kappa shape index (κ3) is 2.58. The maximum atomic E-state index is 11.2. The van der Waals surface area contributed by atoms with Crippen molar-refractivity contribution in [3.05, 3.63) is 33.8 Å². The highest BCUT2D eigenvalue weighted by Crippen LogP contribution is 2.28. The van der Waals surface area contributed by atoms with Crippen molar-refractivity contribution in [2.24, 2.45) is 0 Å². The van der Waals surface area contributed by atoms with Gasteiger partial charge in [-0.15, -0.1) is 11.6 Å². The molecule has 0 aromatic heterocycles. The number of alkyl halides is 1. The molecule has 3 heteroatoms. The minimum absolute atomic E-state index is 0.0144. The standard InChI is InChI=1S/C11H12BrClO/c1-3-8-4-5-9(12)6-10(8)11(13)7(2)14/h4-6,11H,3H2,1-2H3. The van der Waals surface area contributed by atoms with E-state index in [0.29, 0.717) is 0 Å². The lowest BCUT2D eigenvalue weighted by atomic mass is 10.0. The molecule has 1 aromatic carbocycles. The largest absolute Gasteiger partial charge is 0.298 e. The third-order valence-electron chi connectivity index (χ3n) is 2.12. The highest BCUT2D eigenvalue weighted by Gasteiger charge is 2.16. The first-order valence-electron chi connectivity index (χ1n) is 4.49. The summed E-state index contributed by atoms with van der Waals surface area (Å²) >= 11 is 9.40. The van der Waals surface area contributed by atoms with Gasteiger partial charge in [0, 0.05) is 4.47 Å². The zero-order valence-electron chi connectivity index (χ0n) is 8.18. The van der Waals surface area contributed by atoms with E-state index in [9.17, 15) is 4.79 Å². The molecule has 1 nitrogen and oxygen atoms in total. The zero-order chi connectivity index (χ0) is 10.7. The van der Waals surface area contributed by atoms with Crippen LogP contribution >= 0.6 is 27.5 Å². The van der Waals surface area contributed by atoms with Gasteiger partial charge >= 0.3 is 0 Å². The van der Waals surface area contributed by atoms with Crippen LogP contribution in [0.1, 0.15) is 30.4 Å². The Balaban J connectivity index is 3.16. The fraction of sp³-hybridized carbons (Fsp3) is 0.364. The predicted octanol–water partition coefficient (Wildman–Crippen LogP) is 3.88. The van der Waals surface area contributed by atoms with Gasteiger partial charge in [0.15, 0.2) is 5.78 Å². The molecular formula is C11H12BrClO. The first-order valence-corrected chi connectivity index (χ1v) is 5.72. The second-order valence-corrected chi connectivity index (χ2v) is 4.52. The Labute approximate surface area is 97.6 Å². The van der Waals surface area contributed by atoms with Crippen molar-refractivity contribution in [2.75, 3.05) is 0 Å². The average Bonchev–Trinajstić information content (AvgIpc) is 2.16. The van der Waals surface area contributed by atoms with Crippen molar-refractivity contribution in [1.82, 2.24) is 0 Å². The molecule has 0 radical (unpaired) electrons. The number of Topliss-reactive ketones (excluding diaryl/α,β-unsaturated/α-hetero) is 1. The molecule has 0 fully saturated rings. The number of hydrogen-bond acceptors (Lipinski definition) is 1.